The first-order chi connectivity index (χ1) is 8.85. The van der Waals surface area contributed by atoms with Crippen LogP contribution in [0.4, 0.5) is 13.2 Å². The van der Waals surface area contributed by atoms with Crippen LogP contribution in [0.3, 0.4) is 0 Å². The molecule has 0 amide bonds. The van der Waals surface area contributed by atoms with Gasteiger partial charge in [-0.05, 0) is 24.6 Å². The highest BCUT2D eigenvalue weighted by Gasteiger charge is 2.33. The van der Waals surface area contributed by atoms with Crippen LogP contribution in [-0.4, -0.2) is 12.6 Å². The maximum Gasteiger partial charge on any atom is 0.416 e. The Bertz CT molecular complexity index is 535. The summed E-state index contributed by atoms with van der Waals surface area (Å²) in [5.41, 5.74) is -1.30. The number of carbonyl (C=O) groups excluding carboxylic acids is 1. The lowest BCUT2D eigenvalue weighted by atomic mass is 9.99. The Balaban J connectivity index is 3.50. The van der Waals surface area contributed by atoms with Crippen LogP contribution in [0.25, 0.3) is 0 Å². The molecule has 0 aliphatic carbocycles. The summed E-state index contributed by atoms with van der Waals surface area (Å²) in [6.07, 6.45) is -4.63. The first kappa shape index (κ1) is 15.5. The third-order valence-electron chi connectivity index (χ3n) is 2.33. The summed E-state index contributed by atoms with van der Waals surface area (Å²) in [6.45, 7) is 1.59. The van der Waals surface area contributed by atoms with Crippen molar-refractivity contribution in [2.45, 2.75) is 18.4 Å². The van der Waals surface area contributed by atoms with Crippen molar-refractivity contribution in [2.75, 3.05) is 6.61 Å². The molecule has 0 fully saturated rings. The van der Waals surface area contributed by atoms with Gasteiger partial charge in [0.05, 0.1) is 29.4 Å². The molecule has 0 saturated carbocycles. The number of carbonyl (C=O) groups is 1. The highest BCUT2D eigenvalue weighted by molar-refractivity contribution is 9.08. The summed E-state index contributed by atoms with van der Waals surface area (Å²) in [4.78, 5) is 11.7. The Kier molecular flexibility index (Phi) is 4.95. The van der Waals surface area contributed by atoms with Gasteiger partial charge in [-0.2, -0.15) is 18.4 Å². The molecule has 0 spiro atoms. The third-order valence-corrected chi connectivity index (χ3v) is 2.89. The number of nitriles is 1. The molecule has 0 aliphatic heterocycles. The lowest BCUT2D eigenvalue weighted by Gasteiger charge is -2.13. The summed E-state index contributed by atoms with van der Waals surface area (Å²) in [6, 6.07) is 3.08. The number of ether oxygens (including phenoxy) is 1. The summed E-state index contributed by atoms with van der Waals surface area (Å²) in [5.74, 6) is -0.875. The fraction of sp³-hybridized carbons (Fsp3) is 0.333. The molecule has 7 heteroatoms. The average Bonchev–Trinajstić information content (AvgIpc) is 2.36. The van der Waals surface area contributed by atoms with Crippen LogP contribution in [0.2, 0.25) is 0 Å². The van der Waals surface area contributed by atoms with E-state index < -0.39 is 17.7 Å². The average molecular weight is 336 g/mol. The Morgan fingerprint density at radius 3 is 2.53 bits per heavy atom. The monoisotopic (exact) mass is 335 g/mol. The first-order valence-electron chi connectivity index (χ1n) is 5.22. The van der Waals surface area contributed by atoms with Crippen LogP contribution in [0.15, 0.2) is 12.1 Å². The van der Waals surface area contributed by atoms with Crippen LogP contribution < -0.4 is 0 Å². The predicted molar refractivity (Wildman–Crippen MR) is 64.7 cm³/mol. The maximum atomic E-state index is 12.7. The minimum atomic E-state index is -4.63. The molecular weight excluding hydrogens is 327 g/mol. The summed E-state index contributed by atoms with van der Waals surface area (Å²) < 4.78 is 42.8. The van der Waals surface area contributed by atoms with E-state index in [9.17, 15) is 18.0 Å². The van der Waals surface area contributed by atoms with Crippen molar-refractivity contribution in [1.82, 2.24) is 0 Å². The summed E-state index contributed by atoms with van der Waals surface area (Å²) in [5, 5.41) is 8.97. The minimum Gasteiger partial charge on any atom is -0.462 e. The van der Waals surface area contributed by atoms with E-state index in [4.69, 9.17) is 10.00 Å². The second-order valence-corrected chi connectivity index (χ2v) is 4.07. The smallest absolute Gasteiger partial charge is 0.416 e. The van der Waals surface area contributed by atoms with Crippen LogP contribution in [0, 0.1) is 11.3 Å². The zero-order chi connectivity index (χ0) is 14.6. The van der Waals surface area contributed by atoms with E-state index in [1.165, 1.54) is 0 Å². The lowest BCUT2D eigenvalue weighted by Crippen LogP contribution is -2.13. The van der Waals surface area contributed by atoms with Gasteiger partial charge in [0.15, 0.2) is 0 Å². The van der Waals surface area contributed by atoms with Crippen molar-refractivity contribution in [1.29, 1.82) is 5.26 Å². The van der Waals surface area contributed by atoms with Crippen LogP contribution in [-0.2, 0) is 16.2 Å². The summed E-state index contributed by atoms with van der Waals surface area (Å²) in [7, 11) is 0. The van der Waals surface area contributed by atoms with Gasteiger partial charge in [-0.15, -0.1) is 0 Å². The molecule has 3 nitrogen and oxygen atoms in total. The lowest BCUT2D eigenvalue weighted by molar-refractivity contribution is -0.137. The normalized spacial score (nSPS) is 10.9. The van der Waals surface area contributed by atoms with Crippen molar-refractivity contribution < 1.29 is 22.7 Å². The Labute approximate surface area is 116 Å². The van der Waals surface area contributed by atoms with E-state index in [0.717, 1.165) is 6.07 Å². The van der Waals surface area contributed by atoms with Gasteiger partial charge >= 0.3 is 12.1 Å². The second kappa shape index (κ2) is 6.06. The molecule has 0 heterocycles. The highest BCUT2D eigenvalue weighted by atomic mass is 79.9. The van der Waals surface area contributed by atoms with Gasteiger partial charge in [0.2, 0.25) is 0 Å². The zero-order valence-corrected chi connectivity index (χ0v) is 11.4. The molecule has 0 aromatic heterocycles. The number of hydrogen-bond acceptors (Lipinski definition) is 3. The fourth-order valence-electron chi connectivity index (χ4n) is 1.47. The molecule has 1 aromatic rings. The van der Waals surface area contributed by atoms with Gasteiger partial charge in [0.1, 0.15) is 0 Å². The van der Waals surface area contributed by atoms with Gasteiger partial charge in [-0.3, -0.25) is 0 Å². The molecule has 0 aliphatic rings. The molecular formula is C12H9BrF3NO2. The number of rotatable bonds is 3. The number of nitrogens with zero attached hydrogens (tertiary/aromatic N) is 1. The van der Waals surface area contributed by atoms with Gasteiger partial charge < -0.3 is 4.74 Å². The zero-order valence-electron chi connectivity index (χ0n) is 9.84. The molecule has 102 valence electrons. The molecule has 1 aromatic carbocycles. The molecule has 1 rings (SSSR count). The molecule has 0 atom stereocenters. The number of esters is 1. The standard InChI is InChI=1S/C12H9BrF3NO2/c1-2-19-11(18)9-4-8(12(14,15)16)3-7(6-17)10(9)5-13/h3-4H,2,5H2,1H3. The Morgan fingerprint density at radius 1 is 1.47 bits per heavy atom. The van der Waals surface area contributed by atoms with Crippen LogP contribution in [0.5, 0.6) is 0 Å². The second-order valence-electron chi connectivity index (χ2n) is 3.51. The van der Waals surface area contributed by atoms with Gasteiger partial charge in [0, 0.05) is 5.33 Å². The van der Waals surface area contributed by atoms with Crippen molar-refractivity contribution in [3.8, 4) is 6.07 Å². The van der Waals surface area contributed by atoms with Crippen molar-refractivity contribution >= 4 is 21.9 Å². The molecule has 0 saturated heterocycles. The van der Waals surface area contributed by atoms with E-state index in [1.807, 2.05) is 0 Å². The first-order valence-corrected chi connectivity index (χ1v) is 6.34. The molecule has 19 heavy (non-hydrogen) atoms. The van der Waals surface area contributed by atoms with E-state index in [0.29, 0.717) is 6.07 Å². The van der Waals surface area contributed by atoms with E-state index in [1.54, 1.807) is 13.0 Å². The third kappa shape index (κ3) is 3.47. The van der Waals surface area contributed by atoms with E-state index in [-0.39, 0.29) is 28.6 Å². The fourth-order valence-corrected chi connectivity index (χ4v) is 2.07. The largest absolute Gasteiger partial charge is 0.462 e. The summed E-state index contributed by atoms with van der Waals surface area (Å²) >= 11 is 3.05. The highest BCUT2D eigenvalue weighted by Crippen LogP contribution is 2.33. The number of hydrogen-bond donors (Lipinski definition) is 0. The van der Waals surface area contributed by atoms with Gasteiger partial charge in [-0.25, -0.2) is 4.79 Å². The molecule has 0 bridgehead atoms. The van der Waals surface area contributed by atoms with Crippen molar-refractivity contribution in [3.63, 3.8) is 0 Å². The number of halogens is 4. The van der Waals surface area contributed by atoms with E-state index in [2.05, 4.69) is 15.9 Å². The molecule has 0 radical (unpaired) electrons. The number of benzene rings is 1. The van der Waals surface area contributed by atoms with Gasteiger partial charge in [-0.1, -0.05) is 15.9 Å². The quantitative estimate of drug-likeness (QED) is 0.625. The van der Waals surface area contributed by atoms with Gasteiger partial charge in [0.25, 0.3) is 0 Å². The molecule has 0 N–H and O–H groups in total. The van der Waals surface area contributed by atoms with Crippen LogP contribution >= 0.6 is 15.9 Å². The molecule has 0 unspecified atom stereocenters. The number of alkyl halides is 4. The maximum absolute atomic E-state index is 12.7. The van der Waals surface area contributed by atoms with Crippen LogP contribution in [0.1, 0.15) is 34.0 Å². The van der Waals surface area contributed by atoms with Crippen molar-refractivity contribution in [3.05, 3.63) is 34.4 Å². The predicted octanol–water partition coefficient (Wildman–Crippen LogP) is 3.65. The van der Waals surface area contributed by atoms with E-state index >= 15 is 0 Å². The Morgan fingerprint density at radius 2 is 2.11 bits per heavy atom. The SMILES string of the molecule is CCOC(=O)c1cc(C(F)(F)F)cc(C#N)c1CBr. The minimum absolute atomic E-state index is 0.0404. The topological polar surface area (TPSA) is 50.1 Å². The van der Waals surface area contributed by atoms with Crippen molar-refractivity contribution in [2.24, 2.45) is 0 Å². The Hall–Kier alpha value is -1.55.